The Morgan fingerprint density at radius 1 is 1.52 bits per heavy atom. The summed E-state index contributed by atoms with van der Waals surface area (Å²) < 4.78 is 4.62. The van der Waals surface area contributed by atoms with Gasteiger partial charge in [-0.15, -0.1) is 0 Å². The van der Waals surface area contributed by atoms with Gasteiger partial charge in [0, 0.05) is 19.2 Å². The topological polar surface area (TPSA) is 102 Å². The van der Waals surface area contributed by atoms with Gasteiger partial charge in [-0.1, -0.05) is 0 Å². The quantitative estimate of drug-likeness (QED) is 0.453. The third kappa shape index (κ3) is 3.49. The number of nitrogens with one attached hydrogen (secondary N) is 1. The van der Waals surface area contributed by atoms with Crippen molar-refractivity contribution in [1.29, 1.82) is 0 Å². The Hall–Kier alpha value is -2.15. The van der Waals surface area contributed by atoms with Crippen molar-refractivity contribution < 1.29 is 19.6 Å². The molecule has 7 nitrogen and oxygen atoms in total. The van der Waals surface area contributed by atoms with E-state index in [-0.39, 0.29) is 23.3 Å². The Balaban J connectivity index is 2.18. The van der Waals surface area contributed by atoms with E-state index in [1.54, 1.807) is 0 Å². The fraction of sp³-hybridized carbons (Fsp3) is 0.500. The van der Waals surface area contributed by atoms with E-state index in [2.05, 4.69) is 10.1 Å². The highest BCUT2D eigenvalue weighted by molar-refractivity contribution is 5.91. The van der Waals surface area contributed by atoms with E-state index in [9.17, 15) is 14.9 Å². The smallest absolute Gasteiger partial charge is 0.337 e. The number of rotatable bonds is 7. The normalized spacial score (nSPS) is 15.3. The van der Waals surface area contributed by atoms with Crippen molar-refractivity contribution in [2.24, 2.45) is 5.41 Å². The molecule has 0 heterocycles. The summed E-state index contributed by atoms with van der Waals surface area (Å²) in [6, 6.07) is 4.09. The van der Waals surface area contributed by atoms with Crippen LogP contribution in [0.5, 0.6) is 0 Å². The van der Waals surface area contributed by atoms with Crippen molar-refractivity contribution in [1.82, 2.24) is 0 Å². The van der Waals surface area contributed by atoms with Crippen LogP contribution in [0.15, 0.2) is 18.2 Å². The SMILES string of the molecule is COC(=O)c1ccc([N+](=O)[O-])c(NCC2(CCO)CC2)c1. The summed E-state index contributed by atoms with van der Waals surface area (Å²) >= 11 is 0. The first-order chi connectivity index (χ1) is 10.0. The molecule has 0 radical (unpaired) electrons. The maximum absolute atomic E-state index is 11.5. The molecule has 0 unspecified atom stereocenters. The third-order valence-corrected chi connectivity index (χ3v) is 3.87. The minimum absolute atomic E-state index is 0.0177. The molecule has 2 N–H and O–H groups in total. The highest BCUT2D eigenvalue weighted by atomic mass is 16.6. The van der Waals surface area contributed by atoms with Crippen LogP contribution in [-0.2, 0) is 4.74 Å². The molecule has 1 saturated carbocycles. The number of aliphatic hydroxyl groups excluding tert-OH is 1. The van der Waals surface area contributed by atoms with Crippen LogP contribution in [0.4, 0.5) is 11.4 Å². The second kappa shape index (κ2) is 6.09. The van der Waals surface area contributed by atoms with Gasteiger partial charge in [0.2, 0.25) is 0 Å². The van der Waals surface area contributed by atoms with Crippen molar-refractivity contribution in [2.75, 3.05) is 25.6 Å². The number of ether oxygens (including phenoxy) is 1. The largest absolute Gasteiger partial charge is 0.465 e. The van der Waals surface area contributed by atoms with Gasteiger partial charge in [-0.25, -0.2) is 4.79 Å². The second-order valence-electron chi connectivity index (χ2n) is 5.31. The molecular formula is C14H18N2O5. The molecule has 1 aliphatic rings. The maximum atomic E-state index is 11.5. The first kappa shape index (κ1) is 15.2. The molecule has 114 valence electrons. The molecule has 0 bridgehead atoms. The number of methoxy groups -OCH3 is 1. The zero-order valence-corrected chi connectivity index (χ0v) is 11.8. The van der Waals surface area contributed by atoms with Crippen LogP contribution in [0.25, 0.3) is 0 Å². The number of hydrogen-bond donors (Lipinski definition) is 2. The number of nitro benzene ring substituents is 1. The Morgan fingerprint density at radius 3 is 2.76 bits per heavy atom. The van der Waals surface area contributed by atoms with E-state index in [1.807, 2.05) is 0 Å². The fourth-order valence-corrected chi connectivity index (χ4v) is 2.29. The molecule has 21 heavy (non-hydrogen) atoms. The van der Waals surface area contributed by atoms with E-state index in [4.69, 9.17) is 5.11 Å². The zero-order valence-electron chi connectivity index (χ0n) is 11.8. The molecule has 1 fully saturated rings. The van der Waals surface area contributed by atoms with Crippen LogP contribution >= 0.6 is 0 Å². The molecule has 0 atom stereocenters. The summed E-state index contributed by atoms with van der Waals surface area (Å²) in [6.45, 7) is 0.644. The summed E-state index contributed by atoms with van der Waals surface area (Å²) in [7, 11) is 1.26. The third-order valence-electron chi connectivity index (χ3n) is 3.87. The van der Waals surface area contributed by atoms with E-state index in [1.165, 1.54) is 25.3 Å². The van der Waals surface area contributed by atoms with Crippen LogP contribution in [0.1, 0.15) is 29.6 Å². The van der Waals surface area contributed by atoms with Gasteiger partial charge in [0.25, 0.3) is 5.69 Å². The molecule has 1 aliphatic carbocycles. The average Bonchev–Trinajstić information content (AvgIpc) is 3.24. The molecule has 0 aromatic heterocycles. The number of nitrogens with zero attached hydrogens (tertiary/aromatic N) is 1. The summed E-state index contributed by atoms with van der Waals surface area (Å²) in [6.07, 6.45) is 2.65. The number of esters is 1. The summed E-state index contributed by atoms with van der Waals surface area (Å²) in [5.41, 5.74) is 0.497. The predicted molar refractivity (Wildman–Crippen MR) is 76.3 cm³/mol. The Labute approximate surface area is 122 Å². The Kier molecular flexibility index (Phi) is 4.42. The van der Waals surface area contributed by atoms with Gasteiger partial charge in [-0.05, 0) is 36.8 Å². The van der Waals surface area contributed by atoms with Crippen molar-refractivity contribution in [3.8, 4) is 0 Å². The monoisotopic (exact) mass is 294 g/mol. The van der Waals surface area contributed by atoms with Crippen molar-refractivity contribution in [3.05, 3.63) is 33.9 Å². The van der Waals surface area contributed by atoms with Crippen LogP contribution < -0.4 is 5.32 Å². The van der Waals surface area contributed by atoms with Gasteiger partial charge in [0.1, 0.15) is 5.69 Å². The average molecular weight is 294 g/mol. The number of carbonyl (C=O) groups is 1. The van der Waals surface area contributed by atoms with Crippen LogP contribution in [0.3, 0.4) is 0 Å². The molecule has 0 saturated heterocycles. The molecule has 0 aliphatic heterocycles. The summed E-state index contributed by atoms with van der Waals surface area (Å²) in [5.74, 6) is -0.538. The lowest BCUT2D eigenvalue weighted by atomic mass is 10.0. The highest BCUT2D eigenvalue weighted by Crippen LogP contribution is 2.48. The highest BCUT2D eigenvalue weighted by Gasteiger charge is 2.41. The summed E-state index contributed by atoms with van der Waals surface area (Å²) in [5, 5.41) is 23.1. The Morgan fingerprint density at radius 2 is 2.24 bits per heavy atom. The number of hydrogen-bond acceptors (Lipinski definition) is 6. The first-order valence-electron chi connectivity index (χ1n) is 6.73. The van der Waals surface area contributed by atoms with Gasteiger partial charge >= 0.3 is 5.97 Å². The predicted octanol–water partition coefficient (Wildman–Crippen LogP) is 1.96. The van der Waals surface area contributed by atoms with Crippen LogP contribution in [-0.4, -0.2) is 36.3 Å². The van der Waals surface area contributed by atoms with Gasteiger partial charge in [-0.2, -0.15) is 0 Å². The maximum Gasteiger partial charge on any atom is 0.337 e. The van der Waals surface area contributed by atoms with Crippen molar-refractivity contribution in [2.45, 2.75) is 19.3 Å². The van der Waals surface area contributed by atoms with Gasteiger partial charge in [0.05, 0.1) is 17.6 Å². The first-order valence-corrected chi connectivity index (χ1v) is 6.73. The zero-order chi connectivity index (χ0) is 15.5. The van der Waals surface area contributed by atoms with E-state index in [0.29, 0.717) is 18.7 Å². The molecule has 0 spiro atoms. The molecule has 1 aromatic carbocycles. The molecule has 2 rings (SSSR count). The van der Waals surface area contributed by atoms with Crippen molar-refractivity contribution in [3.63, 3.8) is 0 Å². The minimum atomic E-state index is -0.538. The standard InChI is InChI=1S/C14H18N2O5/c1-21-13(18)10-2-3-12(16(19)20)11(8-10)15-9-14(4-5-14)6-7-17/h2-3,8,15,17H,4-7,9H2,1H3. The molecule has 0 amide bonds. The number of nitro groups is 1. The summed E-state index contributed by atoms with van der Waals surface area (Å²) in [4.78, 5) is 22.1. The number of carbonyl (C=O) groups excluding carboxylic acids is 1. The Bertz CT molecular complexity index is 554. The van der Waals surface area contributed by atoms with E-state index in [0.717, 1.165) is 12.8 Å². The lowest BCUT2D eigenvalue weighted by Gasteiger charge is -2.16. The fourth-order valence-electron chi connectivity index (χ4n) is 2.29. The van der Waals surface area contributed by atoms with Crippen LogP contribution in [0.2, 0.25) is 0 Å². The second-order valence-corrected chi connectivity index (χ2v) is 5.31. The van der Waals surface area contributed by atoms with E-state index < -0.39 is 10.9 Å². The van der Waals surface area contributed by atoms with Gasteiger partial charge in [-0.3, -0.25) is 10.1 Å². The minimum Gasteiger partial charge on any atom is -0.465 e. The number of anilines is 1. The molecule has 7 heteroatoms. The van der Waals surface area contributed by atoms with Gasteiger partial charge in [0.15, 0.2) is 0 Å². The lowest BCUT2D eigenvalue weighted by Crippen LogP contribution is -2.17. The van der Waals surface area contributed by atoms with Crippen molar-refractivity contribution >= 4 is 17.3 Å². The van der Waals surface area contributed by atoms with E-state index >= 15 is 0 Å². The number of aliphatic hydroxyl groups is 1. The molecular weight excluding hydrogens is 276 g/mol. The van der Waals surface area contributed by atoms with Crippen LogP contribution in [0, 0.1) is 15.5 Å². The van der Waals surface area contributed by atoms with Gasteiger partial charge < -0.3 is 15.2 Å². The molecule has 1 aromatic rings. The lowest BCUT2D eigenvalue weighted by molar-refractivity contribution is -0.384. The number of benzene rings is 1.